The summed E-state index contributed by atoms with van der Waals surface area (Å²) in [6, 6.07) is 15.6. The van der Waals surface area contributed by atoms with Crippen LogP contribution in [0.5, 0.6) is 0 Å². The number of rotatable bonds is 5. The fourth-order valence-corrected chi connectivity index (χ4v) is 2.57. The molecule has 1 heterocycles. The maximum absolute atomic E-state index is 2.50. The molecule has 0 amide bonds. The molecule has 0 unspecified atom stereocenters. The van der Waals surface area contributed by atoms with E-state index >= 15 is 0 Å². The van der Waals surface area contributed by atoms with Crippen molar-refractivity contribution in [3.8, 4) is 0 Å². The van der Waals surface area contributed by atoms with Gasteiger partial charge in [0.25, 0.3) is 0 Å². The molecule has 0 saturated heterocycles. The molecule has 0 spiro atoms. The zero-order chi connectivity index (χ0) is 12.1. The van der Waals surface area contributed by atoms with Crippen LogP contribution in [0.3, 0.4) is 0 Å². The summed E-state index contributed by atoms with van der Waals surface area (Å²) in [7, 11) is 0. The van der Waals surface area contributed by atoms with Crippen molar-refractivity contribution in [3.63, 3.8) is 0 Å². The van der Waals surface area contributed by atoms with E-state index in [9.17, 15) is 0 Å². The second-order valence-corrected chi connectivity index (χ2v) is 5.60. The fourth-order valence-electron chi connectivity index (χ4n) is 1.84. The van der Waals surface area contributed by atoms with Gasteiger partial charge in [-0.15, -0.1) is 11.3 Å². The minimum absolute atomic E-state index is 0.567. The van der Waals surface area contributed by atoms with Gasteiger partial charge in [-0.1, -0.05) is 36.4 Å². The van der Waals surface area contributed by atoms with Gasteiger partial charge in [0, 0.05) is 24.0 Å². The number of hydrogen-bond donors (Lipinski definition) is 0. The highest BCUT2D eigenvalue weighted by molar-refractivity contribution is 7.09. The van der Waals surface area contributed by atoms with E-state index in [-0.39, 0.29) is 0 Å². The Labute approximate surface area is 108 Å². The van der Waals surface area contributed by atoms with Crippen molar-refractivity contribution in [3.05, 3.63) is 58.3 Å². The molecule has 2 aromatic rings. The van der Waals surface area contributed by atoms with Crippen LogP contribution in [0.15, 0.2) is 47.8 Å². The zero-order valence-corrected chi connectivity index (χ0v) is 11.3. The van der Waals surface area contributed by atoms with Crippen LogP contribution in [-0.2, 0) is 13.1 Å². The Hall–Kier alpha value is -1.12. The van der Waals surface area contributed by atoms with E-state index in [1.807, 2.05) is 11.3 Å². The van der Waals surface area contributed by atoms with Crippen LogP contribution in [0.4, 0.5) is 0 Å². The molecule has 0 saturated carbocycles. The highest BCUT2D eigenvalue weighted by Crippen LogP contribution is 2.16. The van der Waals surface area contributed by atoms with Crippen molar-refractivity contribution in [1.82, 2.24) is 4.90 Å². The molecule has 0 aliphatic heterocycles. The van der Waals surface area contributed by atoms with Crippen molar-refractivity contribution < 1.29 is 0 Å². The molecule has 1 aromatic carbocycles. The molecule has 0 radical (unpaired) electrons. The Bertz CT molecular complexity index is 419. The van der Waals surface area contributed by atoms with Gasteiger partial charge in [-0.05, 0) is 30.9 Å². The van der Waals surface area contributed by atoms with E-state index in [4.69, 9.17) is 0 Å². The summed E-state index contributed by atoms with van der Waals surface area (Å²) in [5, 5.41) is 2.15. The summed E-state index contributed by atoms with van der Waals surface area (Å²) in [6.45, 7) is 6.59. The van der Waals surface area contributed by atoms with E-state index in [0.29, 0.717) is 6.04 Å². The van der Waals surface area contributed by atoms with Gasteiger partial charge >= 0.3 is 0 Å². The quantitative estimate of drug-likeness (QED) is 0.764. The van der Waals surface area contributed by atoms with Crippen molar-refractivity contribution in [2.75, 3.05) is 0 Å². The van der Waals surface area contributed by atoms with Gasteiger partial charge in [0.15, 0.2) is 0 Å². The first kappa shape index (κ1) is 12.3. The topological polar surface area (TPSA) is 3.24 Å². The van der Waals surface area contributed by atoms with Crippen LogP contribution in [0.1, 0.15) is 24.3 Å². The average molecular weight is 245 g/mol. The van der Waals surface area contributed by atoms with Gasteiger partial charge in [0.1, 0.15) is 0 Å². The Morgan fingerprint density at radius 1 is 1.00 bits per heavy atom. The first-order valence-corrected chi connectivity index (χ1v) is 6.94. The van der Waals surface area contributed by atoms with Crippen LogP contribution in [0, 0.1) is 0 Å². The Kier molecular flexibility index (Phi) is 4.35. The van der Waals surface area contributed by atoms with E-state index < -0.39 is 0 Å². The van der Waals surface area contributed by atoms with Crippen LogP contribution in [-0.4, -0.2) is 10.9 Å². The lowest BCUT2D eigenvalue weighted by Crippen LogP contribution is -2.29. The first-order chi connectivity index (χ1) is 8.25. The molecule has 2 rings (SSSR count). The Morgan fingerprint density at radius 3 is 2.35 bits per heavy atom. The molecular weight excluding hydrogens is 226 g/mol. The molecule has 0 aliphatic carbocycles. The molecule has 0 N–H and O–H groups in total. The van der Waals surface area contributed by atoms with Crippen molar-refractivity contribution >= 4 is 11.3 Å². The predicted octanol–water partition coefficient (Wildman–Crippen LogP) is 4.16. The molecule has 1 nitrogen and oxygen atoms in total. The van der Waals surface area contributed by atoms with E-state index in [0.717, 1.165) is 13.1 Å². The third-order valence-electron chi connectivity index (χ3n) is 2.90. The van der Waals surface area contributed by atoms with Gasteiger partial charge in [0.05, 0.1) is 0 Å². The number of hydrogen-bond acceptors (Lipinski definition) is 2. The van der Waals surface area contributed by atoms with Crippen molar-refractivity contribution in [2.24, 2.45) is 0 Å². The summed E-state index contributed by atoms with van der Waals surface area (Å²) in [5.74, 6) is 0. The largest absolute Gasteiger partial charge is 0.292 e. The highest BCUT2D eigenvalue weighted by Gasteiger charge is 2.11. The van der Waals surface area contributed by atoms with E-state index in [1.54, 1.807) is 0 Å². The van der Waals surface area contributed by atoms with Gasteiger partial charge in [-0.25, -0.2) is 0 Å². The zero-order valence-electron chi connectivity index (χ0n) is 10.5. The van der Waals surface area contributed by atoms with Crippen LogP contribution < -0.4 is 0 Å². The monoisotopic (exact) mass is 245 g/mol. The third kappa shape index (κ3) is 3.69. The molecule has 2 heteroatoms. The molecule has 0 aliphatic rings. The Balaban J connectivity index is 2.03. The van der Waals surface area contributed by atoms with E-state index in [1.165, 1.54) is 10.4 Å². The second kappa shape index (κ2) is 5.99. The van der Waals surface area contributed by atoms with Crippen LogP contribution >= 0.6 is 11.3 Å². The lowest BCUT2D eigenvalue weighted by Gasteiger charge is -2.26. The fraction of sp³-hybridized carbons (Fsp3) is 0.333. The Morgan fingerprint density at radius 2 is 1.76 bits per heavy atom. The summed E-state index contributed by atoms with van der Waals surface area (Å²) in [4.78, 5) is 3.94. The SMILES string of the molecule is CC(C)N(Cc1ccccc1)Cc1cccs1. The standard InChI is InChI=1S/C15H19NS/c1-13(2)16(12-15-9-6-10-17-15)11-14-7-4-3-5-8-14/h3-10,13H,11-12H2,1-2H3. The number of benzene rings is 1. The average Bonchev–Trinajstić information content (AvgIpc) is 2.82. The van der Waals surface area contributed by atoms with Crippen molar-refractivity contribution in [2.45, 2.75) is 33.0 Å². The maximum Gasteiger partial charge on any atom is 0.0334 e. The second-order valence-electron chi connectivity index (χ2n) is 4.56. The lowest BCUT2D eigenvalue weighted by molar-refractivity contribution is 0.205. The lowest BCUT2D eigenvalue weighted by atomic mass is 10.2. The van der Waals surface area contributed by atoms with Crippen LogP contribution in [0.2, 0.25) is 0 Å². The molecule has 0 atom stereocenters. The predicted molar refractivity (Wildman–Crippen MR) is 75.1 cm³/mol. The summed E-state index contributed by atoms with van der Waals surface area (Å²) in [5.41, 5.74) is 1.39. The molecular formula is C15H19NS. The van der Waals surface area contributed by atoms with Gasteiger partial charge in [-0.2, -0.15) is 0 Å². The number of thiophene rings is 1. The molecule has 1 aromatic heterocycles. The normalized spacial score (nSPS) is 11.3. The summed E-state index contributed by atoms with van der Waals surface area (Å²) >= 11 is 1.84. The number of nitrogens with zero attached hydrogens (tertiary/aromatic N) is 1. The van der Waals surface area contributed by atoms with Crippen molar-refractivity contribution in [1.29, 1.82) is 0 Å². The molecule has 90 valence electrons. The van der Waals surface area contributed by atoms with Gasteiger partial charge in [-0.3, -0.25) is 4.90 Å². The highest BCUT2D eigenvalue weighted by atomic mass is 32.1. The summed E-state index contributed by atoms with van der Waals surface area (Å²) < 4.78 is 0. The van der Waals surface area contributed by atoms with E-state index in [2.05, 4.69) is 66.6 Å². The van der Waals surface area contributed by atoms with Gasteiger partial charge < -0.3 is 0 Å². The molecule has 0 bridgehead atoms. The van der Waals surface area contributed by atoms with Gasteiger partial charge in [0.2, 0.25) is 0 Å². The first-order valence-electron chi connectivity index (χ1n) is 6.06. The third-order valence-corrected chi connectivity index (χ3v) is 3.76. The summed E-state index contributed by atoms with van der Waals surface area (Å²) in [6.07, 6.45) is 0. The minimum atomic E-state index is 0.567. The molecule has 0 fully saturated rings. The maximum atomic E-state index is 2.50. The minimum Gasteiger partial charge on any atom is -0.292 e. The molecule has 17 heavy (non-hydrogen) atoms. The smallest absolute Gasteiger partial charge is 0.0334 e. The van der Waals surface area contributed by atoms with Crippen LogP contribution in [0.25, 0.3) is 0 Å².